The molecule has 1 unspecified atom stereocenters. The molecule has 1 fully saturated rings. The third-order valence-corrected chi connectivity index (χ3v) is 5.10. The summed E-state index contributed by atoms with van der Waals surface area (Å²) in [6.07, 6.45) is 4.95. The Balaban J connectivity index is 1.60. The number of nitrogens with zero attached hydrogens (tertiary/aromatic N) is 4. The number of ether oxygens (including phenoxy) is 1. The lowest BCUT2D eigenvalue weighted by atomic mass is 9.98. The van der Waals surface area contributed by atoms with Crippen LogP contribution in [0.2, 0.25) is 0 Å². The number of pyridine rings is 1. The molecule has 0 radical (unpaired) electrons. The molecule has 4 rings (SSSR count). The van der Waals surface area contributed by atoms with E-state index in [1.807, 2.05) is 42.2 Å². The summed E-state index contributed by atoms with van der Waals surface area (Å²) < 4.78 is 5.19. The van der Waals surface area contributed by atoms with Crippen LogP contribution in [0.1, 0.15) is 19.8 Å². The number of hydrogen-bond acceptors (Lipinski definition) is 8. The maximum Gasteiger partial charge on any atom is 0.310 e. The van der Waals surface area contributed by atoms with E-state index in [4.69, 9.17) is 10.5 Å². The molecule has 1 aliphatic rings. The highest BCUT2D eigenvalue weighted by atomic mass is 16.5. The van der Waals surface area contributed by atoms with E-state index in [0.717, 1.165) is 36.0 Å². The molecule has 29 heavy (non-hydrogen) atoms. The number of piperidine rings is 1. The first kappa shape index (κ1) is 18.9. The molecule has 150 valence electrons. The van der Waals surface area contributed by atoms with Crippen molar-refractivity contribution in [1.82, 2.24) is 15.0 Å². The molecule has 8 nitrogen and oxygen atoms in total. The lowest BCUT2D eigenvalue weighted by Crippen LogP contribution is -2.40. The summed E-state index contributed by atoms with van der Waals surface area (Å²) in [6, 6.07) is 9.75. The van der Waals surface area contributed by atoms with Crippen LogP contribution in [-0.2, 0) is 9.53 Å². The molecule has 1 aliphatic heterocycles. The predicted molar refractivity (Wildman–Crippen MR) is 113 cm³/mol. The highest BCUT2D eigenvalue weighted by molar-refractivity contribution is 5.94. The van der Waals surface area contributed by atoms with E-state index < -0.39 is 0 Å². The number of rotatable bonds is 5. The molecule has 0 spiro atoms. The summed E-state index contributed by atoms with van der Waals surface area (Å²) in [7, 11) is 0. The SMILES string of the molecule is CCOC(=O)C1CCCN(c2ncnc(Nc3cccc4ncccc34)c2N)C1. The summed E-state index contributed by atoms with van der Waals surface area (Å²) in [5.74, 6) is 0.838. The smallest absolute Gasteiger partial charge is 0.310 e. The fourth-order valence-electron chi connectivity index (χ4n) is 3.70. The highest BCUT2D eigenvalue weighted by Gasteiger charge is 2.29. The lowest BCUT2D eigenvalue weighted by molar-refractivity contribution is -0.148. The number of aromatic nitrogens is 3. The van der Waals surface area contributed by atoms with E-state index >= 15 is 0 Å². The normalized spacial score (nSPS) is 16.6. The van der Waals surface area contributed by atoms with Gasteiger partial charge >= 0.3 is 5.97 Å². The average molecular weight is 392 g/mol. The van der Waals surface area contributed by atoms with Gasteiger partial charge < -0.3 is 20.7 Å². The first-order valence-corrected chi connectivity index (χ1v) is 9.80. The van der Waals surface area contributed by atoms with Crippen LogP contribution in [0.15, 0.2) is 42.9 Å². The maximum absolute atomic E-state index is 12.2. The molecule has 3 aromatic rings. The second-order valence-electron chi connectivity index (χ2n) is 7.00. The second-order valence-corrected chi connectivity index (χ2v) is 7.00. The summed E-state index contributed by atoms with van der Waals surface area (Å²) in [4.78, 5) is 27.3. The standard InChI is InChI=1S/C21H24N6O2/c1-2-29-21(28)14-6-5-11-27(12-14)20-18(22)19(24-13-25-20)26-17-9-3-8-16-15(17)7-4-10-23-16/h3-4,7-10,13-14H,2,5-6,11-12,22H2,1H3,(H,24,25,26). The van der Waals surface area contributed by atoms with Gasteiger partial charge in [-0.05, 0) is 44.0 Å². The number of hydrogen-bond donors (Lipinski definition) is 2. The molecule has 3 N–H and O–H groups in total. The van der Waals surface area contributed by atoms with Crippen molar-refractivity contribution in [1.29, 1.82) is 0 Å². The Hall–Kier alpha value is -3.42. The van der Waals surface area contributed by atoms with Crippen LogP contribution >= 0.6 is 0 Å². The molecular formula is C21H24N6O2. The monoisotopic (exact) mass is 392 g/mol. The van der Waals surface area contributed by atoms with E-state index in [0.29, 0.717) is 30.5 Å². The van der Waals surface area contributed by atoms with E-state index in [1.165, 1.54) is 6.33 Å². The van der Waals surface area contributed by atoms with Crippen LogP contribution in [0.4, 0.5) is 23.0 Å². The fourth-order valence-corrected chi connectivity index (χ4v) is 3.70. The number of nitrogens with one attached hydrogen (secondary N) is 1. The maximum atomic E-state index is 12.2. The second kappa shape index (κ2) is 8.30. The molecule has 1 saturated heterocycles. The molecule has 0 saturated carbocycles. The Morgan fingerprint density at radius 1 is 1.28 bits per heavy atom. The highest BCUT2D eigenvalue weighted by Crippen LogP contribution is 2.33. The van der Waals surface area contributed by atoms with Crippen molar-refractivity contribution >= 4 is 39.9 Å². The Kier molecular flexibility index (Phi) is 5.41. The van der Waals surface area contributed by atoms with E-state index in [1.54, 1.807) is 6.20 Å². The largest absolute Gasteiger partial charge is 0.466 e. The van der Waals surface area contributed by atoms with Crippen molar-refractivity contribution in [3.63, 3.8) is 0 Å². The number of esters is 1. The molecule has 1 aromatic carbocycles. The molecule has 0 aliphatic carbocycles. The van der Waals surface area contributed by atoms with Gasteiger partial charge in [-0.3, -0.25) is 9.78 Å². The zero-order valence-electron chi connectivity index (χ0n) is 16.3. The van der Waals surface area contributed by atoms with Crippen LogP contribution < -0.4 is 16.0 Å². The van der Waals surface area contributed by atoms with Gasteiger partial charge in [-0.25, -0.2) is 9.97 Å². The zero-order valence-corrected chi connectivity index (χ0v) is 16.3. The summed E-state index contributed by atoms with van der Waals surface area (Å²) in [5, 5.41) is 4.30. The van der Waals surface area contributed by atoms with E-state index in [9.17, 15) is 4.79 Å². The quantitative estimate of drug-likeness (QED) is 0.638. The van der Waals surface area contributed by atoms with Gasteiger partial charge in [0.05, 0.1) is 18.0 Å². The van der Waals surface area contributed by atoms with Crippen molar-refractivity contribution < 1.29 is 9.53 Å². The van der Waals surface area contributed by atoms with Crippen LogP contribution in [0.5, 0.6) is 0 Å². The molecule has 2 aromatic heterocycles. The van der Waals surface area contributed by atoms with Crippen LogP contribution in [0.3, 0.4) is 0 Å². The van der Waals surface area contributed by atoms with Crippen molar-refractivity contribution in [3.8, 4) is 0 Å². The van der Waals surface area contributed by atoms with Crippen LogP contribution in [-0.4, -0.2) is 40.6 Å². The van der Waals surface area contributed by atoms with Crippen molar-refractivity contribution in [3.05, 3.63) is 42.9 Å². The van der Waals surface area contributed by atoms with Crippen molar-refractivity contribution in [2.24, 2.45) is 5.92 Å². The molecule has 3 heterocycles. The van der Waals surface area contributed by atoms with Gasteiger partial charge in [-0.2, -0.15) is 0 Å². The summed E-state index contributed by atoms with van der Waals surface area (Å²) >= 11 is 0. The Bertz CT molecular complexity index is 1020. The van der Waals surface area contributed by atoms with E-state index in [-0.39, 0.29) is 11.9 Å². The Morgan fingerprint density at radius 3 is 3.03 bits per heavy atom. The average Bonchev–Trinajstić information content (AvgIpc) is 2.76. The number of carbonyl (C=O) groups is 1. The van der Waals surface area contributed by atoms with Gasteiger partial charge in [-0.15, -0.1) is 0 Å². The fraction of sp³-hybridized carbons (Fsp3) is 0.333. The number of nitrogens with two attached hydrogens (primary N) is 1. The molecule has 1 atom stereocenters. The predicted octanol–water partition coefficient (Wildman–Crippen LogP) is 3.13. The van der Waals surface area contributed by atoms with Crippen LogP contribution in [0.25, 0.3) is 10.9 Å². The van der Waals surface area contributed by atoms with Gasteiger partial charge in [0.1, 0.15) is 12.0 Å². The van der Waals surface area contributed by atoms with Gasteiger partial charge in [-0.1, -0.05) is 6.07 Å². The van der Waals surface area contributed by atoms with Gasteiger partial charge in [0, 0.05) is 30.4 Å². The minimum absolute atomic E-state index is 0.161. The molecule has 0 amide bonds. The first-order valence-electron chi connectivity index (χ1n) is 9.80. The first-order chi connectivity index (χ1) is 14.2. The lowest BCUT2D eigenvalue weighted by Gasteiger charge is -2.33. The molecular weight excluding hydrogens is 368 g/mol. The van der Waals surface area contributed by atoms with Crippen molar-refractivity contribution in [2.75, 3.05) is 35.6 Å². The van der Waals surface area contributed by atoms with Crippen molar-refractivity contribution in [2.45, 2.75) is 19.8 Å². The van der Waals surface area contributed by atoms with Gasteiger partial charge in [0.2, 0.25) is 0 Å². The summed E-state index contributed by atoms with van der Waals surface area (Å²) in [5.41, 5.74) is 8.64. The minimum Gasteiger partial charge on any atom is -0.466 e. The number of nitrogen functional groups attached to an aromatic ring is 1. The van der Waals surface area contributed by atoms with Gasteiger partial charge in [0.15, 0.2) is 11.6 Å². The third kappa shape index (κ3) is 3.91. The van der Waals surface area contributed by atoms with Crippen LogP contribution in [0, 0.1) is 5.92 Å². The minimum atomic E-state index is -0.168. The zero-order chi connectivity index (χ0) is 20.2. The Labute approximate surface area is 169 Å². The van der Waals surface area contributed by atoms with Gasteiger partial charge in [0.25, 0.3) is 0 Å². The number of benzene rings is 1. The number of carbonyl (C=O) groups excluding carboxylic acids is 1. The topological polar surface area (TPSA) is 106 Å². The summed E-state index contributed by atoms with van der Waals surface area (Å²) in [6.45, 7) is 3.53. The molecule has 0 bridgehead atoms. The Morgan fingerprint density at radius 2 is 2.17 bits per heavy atom. The third-order valence-electron chi connectivity index (χ3n) is 5.10. The molecule has 8 heteroatoms. The number of anilines is 4. The number of fused-ring (bicyclic) bond motifs is 1. The van der Waals surface area contributed by atoms with E-state index in [2.05, 4.69) is 20.3 Å².